The average molecular weight is 369 g/mol. The normalized spacial score (nSPS) is 12.2. The van der Waals surface area contributed by atoms with Crippen molar-refractivity contribution >= 4 is 23.4 Å². The Labute approximate surface area is 155 Å². The first kappa shape index (κ1) is 21.3. The summed E-state index contributed by atoms with van der Waals surface area (Å²) in [6.07, 6.45) is 0.555. The molecule has 1 aromatic rings. The second-order valence-electron chi connectivity index (χ2n) is 7.05. The molecule has 0 aromatic carbocycles. The SMILES string of the molecule is CN=C(NCCCN(C(=O)OC(C)(C)C)C(C)C)NCc1cccs1. The van der Waals surface area contributed by atoms with Crippen molar-refractivity contribution in [2.24, 2.45) is 4.99 Å². The van der Waals surface area contributed by atoms with Gasteiger partial charge in [-0.2, -0.15) is 0 Å². The number of ether oxygens (including phenoxy) is 1. The summed E-state index contributed by atoms with van der Waals surface area (Å²) >= 11 is 1.72. The average Bonchev–Trinajstić information content (AvgIpc) is 3.01. The topological polar surface area (TPSA) is 66.0 Å². The number of amides is 1. The molecule has 0 radical (unpaired) electrons. The van der Waals surface area contributed by atoms with Crippen molar-refractivity contribution in [2.75, 3.05) is 20.1 Å². The fourth-order valence-corrected chi connectivity index (χ4v) is 2.79. The van der Waals surface area contributed by atoms with Gasteiger partial charge in [-0.25, -0.2) is 4.79 Å². The van der Waals surface area contributed by atoms with E-state index < -0.39 is 5.60 Å². The summed E-state index contributed by atoms with van der Waals surface area (Å²) in [4.78, 5) is 19.5. The third-order valence-electron chi connectivity index (χ3n) is 3.35. The number of rotatable bonds is 7. The van der Waals surface area contributed by atoms with E-state index in [1.165, 1.54) is 4.88 Å². The van der Waals surface area contributed by atoms with Crippen molar-refractivity contribution in [3.05, 3.63) is 22.4 Å². The van der Waals surface area contributed by atoms with E-state index in [4.69, 9.17) is 4.74 Å². The van der Waals surface area contributed by atoms with E-state index in [1.54, 1.807) is 23.3 Å². The number of guanidine groups is 1. The Morgan fingerprint density at radius 3 is 2.60 bits per heavy atom. The Morgan fingerprint density at radius 2 is 2.08 bits per heavy atom. The van der Waals surface area contributed by atoms with E-state index in [1.807, 2.05) is 40.7 Å². The van der Waals surface area contributed by atoms with E-state index in [9.17, 15) is 4.79 Å². The minimum absolute atomic E-state index is 0.103. The molecule has 0 saturated carbocycles. The van der Waals surface area contributed by atoms with Crippen molar-refractivity contribution < 1.29 is 9.53 Å². The maximum absolute atomic E-state index is 12.3. The lowest BCUT2D eigenvalue weighted by Gasteiger charge is -2.30. The summed E-state index contributed by atoms with van der Waals surface area (Å²) in [7, 11) is 1.75. The first-order valence-electron chi connectivity index (χ1n) is 8.69. The fraction of sp³-hybridized carbons (Fsp3) is 0.667. The van der Waals surface area contributed by atoms with Gasteiger partial charge >= 0.3 is 6.09 Å². The molecule has 0 atom stereocenters. The highest BCUT2D eigenvalue weighted by atomic mass is 32.1. The van der Waals surface area contributed by atoms with E-state index in [0.29, 0.717) is 6.54 Å². The van der Waals surface area contributed by atoms with E-state index in [2.05, 4.69) is 27.1 Å². The lowest BCUT2D eigenvalue weighted by molar-refractivity contribution is 0.0190. The first-order valence-corrected chi connectivity index (χ1v) is 9.57. The maximum atomic E-state index is 12.3. The molecule has 0 bridgehead atoms. The Kier molecular flexibility index (Phi) is 8.75. The number of hydrogen-bond donors (Lipinski definition) is 2. The van der Waals surface area contributed by atoms with Crippen molar-refractivity contribution in [2.45, 2.75) is 59.2 Å². The van der Waals surface area contributed by atoms with Crippen LogP contribution in [0.15, 0.2) is 22.5 Å². The summed E-state index contributed by atoms with van der Waals surface area (Å²) in [6, 6.07) is 4.23. The van der Waals surface area contributed by atoms with Crippen LogP contribution in [0.3, 0.4) is 0 Å². The van der Waals surface area contributed by atoms with E-state index >= 15 is 0 Å². The van der Waals surface area contributed by atoms with Crippen LogP contribution in [0.25, 0.3) is 0 Å². The summed E-state index contributed by atoms with van der Waals surface area (Å²) in [5.74, 6) is 0.766. The lowest BCUT2D eigenvalue weighted by atomic mass is 10.2. The first-order chi connectivity index (χ1) is 11.7. The van der Waals surface area contributed by atoms with Crippen molar-refractivity contribution in [1.82, 2.24) is 15.5 Å². The predicted octanol–water partition coefficient (Wildman–Crippen LogP) is 3.45. The van der Waals surface area contributed by atoms with Gasteiger partial charge < -0.3 is 20.3 Å². The zero-order chi connectivity index (χ0) is 18.9. The Morgan fingerprint density at radius 1 is 1.36 bits per heavy atom. The van der Waals surface area contributed by atoms with Gasteiger partial charge in [0.05, 0.1) is 6.54 Å². The van der Waals surface area contributed by atoms with Crippen LogP contribution in [0.2, 0.25) is 0 Å². The molecule has 0 aliphatic carbocycles. The van der Waals surface area contributed by atoms with E-state index in [0.717, 1.165) is 25.5 Å². The van der Waals surface area contributed by atoms with Crippen molar-refractivity contribution in [1.29, 1.82) is 0 Å². The molecule has 0 aliphatic rings. The molecule has 1 aromatic heterocycles. The quantitative estimate of drug-likeness (QED) is 0.439. The van der Waals surface area contributed by atoms with Crippen LogP contribution in [-0.2, 0) is 11.3 Å². The predicted molar refractivity (Wildman–Crippen MR) is 105 cm³/mol. The van der Waals surface area contributed by atoms with Gasteiger partial charge in [0.2, 0.25) is 0 Å². The molecule has 1 amide bonds. The third-order valence-corrected chi connectivity index (χ3v) is 4.23. The Balaban J connectivity index is 2.35. The maximum Gasteiger partial charge on any atom is 0.410 e. The molecule has 0 fully saturated rings. The van der Waals surface area contributed by atoms with Crippen LogP contribution in [0.5, 0.6) is 0 Å². The minimum atomic E-state index is -0.476. The smallest absolute Gasteiger partial charge is 0.410 e. The Hall–Kier alpha value is -1.76. The largest absolute Gasteiger partial charge is 0.444 e. The van der Waals surface area contributed by atoms with Crippen LogP contribution in [0.4, 0.5) is 4.79 Å². The summed E-state index contributed by atoms with van der Waals surface area (Å²) < 4.78 is 5.47. The molecule has 2 N–H and O–H groups in total. The number of carbonyl (C=O) groups is 1. The lowest BCUT2D eigenvalue weighted by Crippen LogP contribution is -2.43. The van der Waals surface area contributed by atoms with Gasteiger partial charge in [0.1, 0.15) is 5.60 Å². The molecule has 7 heteroatoms. The number of nitrogens with one attached hydrogen (secondary N) is 2. The van der Waals surface area contributed by atoms with Crippen LogP contribution in [0.1, 0.15) is 45.9 Å². The molecule has 1 rings (SSSR count). The van der Waals surface area contributed by atoms with Crippen LogP contribution in [0, 0.1) is 0 Å². The summed E-state index contributed by atoms with van der Waals surface area (Å²) in [6.45, 7) is 11.8. The number of aliphatic imine (C=N–C) groups is 1. The second kappa shape index (κ2) is 10.3. The molecular formula is C18H32N4O2S. The molecule has 0 spiro atoms. The monoisotopic (exact) mass is 368 g/mol. The molecule has 1 heterocycles. The van der Waals surface area contributed by atoms with Gasteiger partial charge in [0.25, 0.3) is 0 Å². The molecular weight excluding hydrogens is 336 g/mol. The Bertz CT molecular complexity index is 536. The summed E-state index contributed by atoms with van der Waals surface area (Å²) in [5, 5.41) is 8.62. The molecule has 0 aliphatic heterocycles. The van der Waals surface area contributed by atoms with Crippen LogP contribution >= 0.6 is 11.3 Å². The molecule has 25 heavy (non-hydrogen) atoms. The van der Waals surface area contributed by atoms with E-state index in [-0.39, 0.29) is 12.1 Å². The van der Waals surface area contributed by atoms with Crippen molar-refractivity contribution in [3.63, 3.8) is 0 Å². The van der Waals surface area contributed by atoms with Gasteiger partial charge in [-0.05, 0) is 52.5 Å². The van der Waals surface area contributed by atoms with Crippen LogP contribution < -0.4 is 10.6 Å². The molecule has 0 saturated heterocycles. The van der Waals surface area contributed by atoms with Gasteiger partial charge in [-0.3, -0.25) is 4.99 Å². The zero-order valence-corrected chi connectivity index (χ0v) is 17.1. The number of nitrogens with zero attached hydrogens (tertiary/aromatic N) is 2. The number of hydrogen-bond acceptors (Lipinski definition) is 4. The van der Waals surface area contributed by atoms with Crippen molar-refractivity contribution in [3.8, 4) is 0 Å². The molecule has 0 unspecified atom stereocenters. The highest BCUT2D eigenvalue weighted by Gasteiger charge is 2.23. The fourth-order valence-electron chi connectivity index (χ4n) is 2.14. The highest BCUT2D eigenvalue weighted by Crippen LogP contribution is 2.12. The van der Waals surface area contributed by atoms with Gasteiger partial charge in [-0.1, -0.05) is 6.07 Å². The second-order valence-corrected chi connectivity index (χ2v) is 8.09. The summed E-state index contributed by atoms with van der Waals surface area (Å²) in [5.41, 5.74) is -0.476. The molecule has 142 valence electrons. The van der Waals surface area contributed by atoms with Crippen LogP contribution in [-0.4, -0.2) is 48.7 Å². The number of carbonyl (C=O) groups excluding carboxylic acids is 1. The third kappa shape index (κ3) is 8.77. The minimum Gasteiger partial charge on any atom is -0.444 e. The molecule has 6 nitrogen and oxygen atoms in total. The standard InChI is InChI=1S/C18H32N4O2S/c1-14(2)22(17(23)24-18(3,4)5)11-8-10-20-16(19-6)21-13-15-9-7-12-25-15/h7,9,12,14H,8,10-11,13H2,1-6H3,(H2,19,20,21). The van der Waals surface area contributed by atoms with Gasteiger partial charge in [0.15, 0.2) is 5.96 Å². The highest BCUT2D eigenvalue weighted by molar-refractivity contribution is 7.09. The van der Waals surface area contributed by atoms with Gasteiger partial charge in [0, 0.05) is 31.1 Å². The number of thiophene rings is 1. The zero-order valence-electron chi connectivity index (χ0n) is 16.3. The van der Waals surface area contributed by atoms with Gasteiger partial charge in [-0.15, -0.1) is 11.3 Å².